The van der Waals surface area contributed by atoms with E-state index in [0.29, 0.717) is 40.9 Å². The molecule has 0 aliphatic rings. The maximum Gasteiger partial charge on any atom is 0.311 e. The van der Waals surface area contributed by atoms with E-state index in [0.717, 1.165) is 0 Å². The molecule has 1 aromatic carbocycles. The SMILES string of the molecule is CCOc1cc(C#N)cc(Br)c1OC(=O)CCCNC(=O)c1ccsc1. The maximum atomic E-state index is 12.1. The van der Waals surface area contributed by atoms with Crippen molar-refractivity contribution < 1.29 is 19.1 Å². The fourth-order valence-electron chi connectivity index (χ4n) is 2.09. The number of carbonyl (C=O) groups excluding carboxylic acids is 2. The van der Waals surface area contributed by atoms with Gasteiger partial charge in [0.25, 0.3) is 5.91 Å². The van der Waals surface area contributed by atoms with Gasteiger partial charge >= 0.3 is 5.97 Å². The molecule has 0 fully saturated rings. The van der Waals surface area contributed by atoms with Gasteiger partial charge in [-0.05, 0) is 46.8 Å². The number of rotatable bonds is 8. The van der Waals surface area contributed by atoms with Gasteiger partial charge in [-0.3, -0.25) is 9.59 Å². The molecule has 1 amide bonds. The third-order valence-corrected chi connectivity index (χ3v) is 4.55. The topological polar surface area (TPSA) is 88.4 Å². The van der Waals surface area contributed by atoms with E-state index in [2.05, 4.69) is 21.2 Å². The molecular weight excluding hydrogens is 420 g/mol. The van der Waals surface area contributed by atoms with E-state index in [-0.39, 0.29) is 18.1 Å². The van der Waals surface area contributed by atoms with Crippen LogP contribution in [0, 0.1) is 11.3 Å². The summed E-state index contributed by atoms with van der Waals surface area (Å²) >= 11 is 4.75. The fraction of sp³-hybridized carbons (Fsp3) is 0.278. The van der Waals surface area contributed by atoms with Crippen LogP contribution in [0.3, 0.4) is 0 Å². The lowest BCUT2D eigenvalue weighted by atomic mass is 10.2. The Morgan fingerprint density at radius 3 is 2.85 bits per heavy atom. The normalized spacial score (nSPS) is 10.0. The van der Waals surface area contributed by atoms with Crippen molar-refractivity contribution in [1.29, 1.82) is 5.26 Å². The highest BCUT2D eigenvalue weighted by Crippen LogP contribution is 2.37. The van der Waals surface area contributed by atoms with Crippen LogP contribution in [-0.4, -0.2) is 25.0 Å². The third-order valence-electron chi connectivity index (χ3n) is 3.28. The Hall–Kier alpha value is -2.37. The first-order valence-corrected chi connectivity index (χ1v) is 9.66. The minimum atomic E-state index is -0.443. The Morgan fingerprint density at radius 2 is 2.19 bits per heavy atom. The number of hydrogen-bond donors (Lipinski definition) is 1. The summed E-state index contributed by atoms with van der Waals surface area (Å²) in [5, 5.41) is 15.4. The predicted octanol–water partition coefficient (Wildman–Crippen LogP) is 3.90. The van der Waals surface area contributed by atoms with Gasteiger partial charge in [0.2, 0.25) is 0 Å². The van der Waals surface area contributed by atoms with Gasteiger partial charge in [-0.15, -0.1) is 0 Å². The molecule has 26 heavy (non-hydrogen) atoms. The second-order valence-electron chi connectivity index (χ2n) is 5.18. The largest absolute Gasteiger partial charge is 0.490 e. The van der Waals surface area contributed by atoms with E-state index in [4.69, 9.17) is 14.7 Å². The van der Waals surface area contributed by atoms with Crippen LogP contribution in [0.25, 0.3) is 0 Å². The Morgan fingerprint density at radius 1 is 1.38 bits per heavy atom. The molecule has 0 saturated heterocycles. The van der Waals surface area contributed by atoms with Crippen LogP contribution < -0.4 is 14.8 Å². The Kier molecular flexibility index (Phi) is 7.63. The van der Waals surface area contributed by atoms with Gasteiger partial charge in [0.05, 0.1) is 22.7 Å². The quantitative estimate of drug-likeness (QED) is 0.385. The Labute approximate surface area is 163 Å². The zero-order chi connectivity index (χ0) is 18.9. The standard InChI is InChI=1S/C18H17BrN2O4S/c1-2-24-15-9-12(10-20)8-14(19)17(15)25-16(22)4-3-6-21-18(23)13-5-7-26-11-13/h5,7-9,11H,2-4,6H2,1H3,(H,21,23). The number of nitrogens with zero attached hydrogens (tertiary/aromatic N) is 1. The highest BCUT2D eigenvalue weighted by atomic mass is 79.9. The molecule has 0 aliphatic carbocycles. The summed E-state index contributed by atoms with van der Waals surface area (Å²) < 4.78 is 11.3. The first kappa shape index (κ1) is 19.9. The van der Waals surface area contributed by atoms with Gasteiger partial charge in [0.1, 0.15) is 0 Å². The molecule has 0 aliphatic heterocycles. The van der Waals surface area contributed by atoms with Crippen molar-refractivity contribution in [3.8, 4) is 17.6 Å². The van der Waals surface area contributed by atoms with E-state index in [1.807, 2.05) is 11.4 Å². The summed E-state index contributed by atoms with van der Waals surface area (Å²) in [6.45, 7) is 2.55. The highest BCUT2D eigenvalue weighted by molar-refractivity contribution is 9.10. The summed E-state index contributed by atoms with van der Waals surface area (Å²) in [6.07, 6.45) is 0.592. The average Bonchev–Trinajstić information content (AvgIpc) is 3.16. The zero-order valence-corrected chi connectivity index (χ0v) is 16.5. The fourth-order valence-corrected chi connectivity index (χ4v) is 3.25. The molecule has 6 nitrogen and oxygen atoms in total. The molecule has 0 atom stereocenters. The second kappa shape index (κ2) is 9.94. The number of nitriles is 1. The van der Waals surface area contributed by atoms with Crippen LogP contribution in [0.4, 0.5) is 0 Å². The molecule has 2 aromatic rings. The first-order chi connectivity index (χ1) is 12.5. The molecule has 1 aromatic heterocycles. The molecular formula is C18H17BrN2O4S. The third kappa shape index (κ3) is 5.58. The van der Waals surface area contributed by atoms with E-state index in [1.165, 1.54) is 17.4 Å². The maximum absolute atomic E-state index is 12.1. The number of nitrogens with one attached hydrogen (secondary N) is 1. The molecule has 0 radical (unpaired) electrons. The zero-order valence-electron chi connectivity index (χ0n) is 14.1. The molecule has 136 valence electrons. The van der Waals surface area contributed by atoms with Crippen LogP contribution in [0.5, 0.6) is 11.5 Å². The molecule has 1 heterocycles. The van der Waals surface area contributed by atoms with Crippen LogP contribution in [-0.2, 0) is 4.79 Å². The Balaban J connectivity index is 1.87. The molecule has 0 spiro atoms. The van der Waals surface area contributed by atoms with Crippen LogP contribution >= 0.6 is 27.3 Å². The van der Waals surface area contributed by atoms with Gasteiger partial charge in [-0.25, -0.2) is 0 Å². The number of hydrogen-bond acceptors (Lipinski definition) is 6. The van der Waals surface area contributed by atoms with E-state index in [9.17, 15) is 9.59 Å². The number of carbonyl (C=O) groups is 2. The Bertz CT molecular complexity index is 815. The van der Waals surface area contributed by atoms with Crippen molar-refractivity contribution in [3.05, 3.63) is 44.6 Å². The van der Waals surface area contributed by atoms with E-state index < -0.39 is 5.97 Å². The number of esters is 1. The lowest BCUT2D eigenvalue weighted by molar-refractivity contribution is -0.134. The summed E-state index contributed by atoms with van der Waals surface area (Å²) in [5.74, 6) is -0.0232. The van der Waals surface area contributed by atoms with Crippen molar-refractivity contribution in [2.75, 3.05) is 13.2 Å². The van der Waals surface area contributed by atoms with Gasteiger partial charge in [0.15, 0.2) is 11.5 Å². The lowest BCUT2D eigenvalue weighted by Gasteiger charge is -2.13. The molecule has 0 saturated carbocycles. The first-order valence-electron chi connectivity index (χ1n) is 7.92. The summed E-state index contributed by atoms with van der Waals surface area (Å²) in [7, 11) is 0. The van der Waals surface area contributed by atoms with Crippen LogP contribution in [0.1, 0.15) is 35.7 Å². The predicted molar refractivity (Wildman–Crippen MR) is 102 cm³/mol. The summed E-state index contributed by atoms with van der Waals surface area (Å²) in [4.78, 5) is 23.9. The highest BCUT2D eigenvalue weighted by Gasteiger charge is 2.16. The minimum Gasteiger partial charge on any atom is -0.490 e. The molecule has 0 unspecified atom stereocenters. The van der Waals surface area contributed by atoms with E-state index >= 15 is 0 Å². The van der Waals surface area contributed by atoms with Gasteiger partial charge in [-0.1, -0.05) is 0 Å². The van der Waals surface area contributed by atoms with Crippen molar-refractivity contribution in [1.82, 2.24) is 5.32 Å². The van der Waals surface area contributed by atoms with E-state index in [1.54, 1.807) is 24.4 Å². The monoisotopic (exact) mass is 436 g/mol. The van der Waals surface area contributed by atoms with Crippen LogP contribution in [0.2, 0.25) is 0 Å². The van der Waals surface area contributed by atoms with Gasteiger partial charge in [-0.2, -0.15) is 16.6 Å². The van der Waals surface area contributed by atoms with Crippen LogP contribution in [0.15, 0.2) is 33.4 Å². The number of amides is 1. The van der Waals surface area contributed by atoms with Gasteiger partial charge < -0.3 is 14.8 Å². The number of benzene rings is 1. The van der Waals surface area contributed by atoms with Crippen molar-refractivity contribution in [3.63, 3.8) is 0 Å². The lowest BCUT2D eigenvalue weighted by Crippen LogP contribution is -2.24. The molecule has 0 bridgehead atoms. The van der Waals surface area contributed by atoms with Gasteiger partial charge in [0, 0.05) is 30.0 Å². The second-order valence-corrected chi connectivity index (χ2v) is 6.81. The van der Waals surface area contributed by atoms with Crippen molar-refractivity contribution in [2.45, 2.75) is 19.8 Å². The summed E-state index contributed by atoms with van der Waals surface area (Å²) in [6, 6.07) is 6.85. The molecule has 8 heteroatoms. The van der Waals surface area contributed by atoms with Crippen molar-refractivity contribution in [2.24, 2.45) is 0 Å². The number of halogens is 1. The van der Waals surface area contributed by atoms with Crippen molar-refractivity contribution >= 4 is 39.1 Å². The average molecular weight is 437 g/mol. The summed E-state index contributed by atoms with van der Waals surface area (Å²) in [5.41, 5.74) is 1.01. The minimum absolute atomic E-state index is 0.141. The molecule has 2 rings (SSSR count). The molecule has 1 N–H and O–H groups in total. The smallest absolute Gasteiger partial charge is 0.311 e. The number of ether oxygens (including phenoxy) is 2. The number of thiophene rings is 1.